The Kier molecular flexibility index (Phi) is 5.15. The van der Waals surface area contributed by atoms with Crippen LogP contribution in [0, 0.1) is 11.3 Å². The van der Waals surface area contributed by atoms with Crippen LogP contribution in [0.4, 0.5) is 0 Å². The molecule has 2 fully saturated rings. The van der Waals surface area contributed by atoms with E-state index in [4.69, 9.17) is 18.9 Å². The van der Waals surface area contributed by atoms with Crippen molar-refractivity contribution in [2.24, 2.45) is 11.3 Å². The lowest BCUT2D eigenvalue weighted by atomic mass is 9.65. The summed E-state index contributed by atoms with van der Waals surface area (Å²) in [5, 5.41) is 0. The van der Waals surface area contributed by atoms with Crippen molar-refractivity contribution in [2.75, 3.05) is 14.2 Å². The fourth-order valence-corrected chi connectivity index (χ4v) is 5.52. The summed E-state index contributed by atoms with van der Waals surface area (Å²) in [5.74, 6) is 0.377. The van der Waals surface area contributed by atoms with Crippen LogP contribution in [-0.2, 0) is 30.4 Å². The highest BCUT2D eigenvalue weighted by Gasteiger charge is 2.70. The lowest BCUT2D eigenvalue weighted by Crippen LogP contribution is -2.61. The molecule has 1 saturated heterocycles. The van der Waals surface area contributed by atoms with Gasteiger partial charge >= 0.3 is 11.9 Å². The molecule has 2 bridgehead atoms. The van der Waals surface area contributed by atoms with Crippen molar-refractivity contribution < 1.29 is 28.5 Å². The van der Waals surface area contributed by atoms with E-state index in [1.165, 1.54) is 7.11 Å². The minimum absolute atomic E-state index is 0.115. The summed E-state index contributed by atoms with van der Waals surface area (Å²) in [6.45, 7) is 2.35. The van der Waals surface area contributed by atoms with Crippen molar-refractivity contribution in [2.45, 2.75) is 57.3 Å². The highest BCUT2D eigenvalue weighted by atomic mass is 16.6. The van der Waals surface area contributed by atoms with Crippen LogP contribution in [0.2, 0.25) is 0 Å². The third kappa shape index (κ3) is 3.05. The van der Waals surface area contributed by atoms with Crippen LogP contribution in [0.15, 0.2) is 35.9 Å². The number of ether oxygens (including phenoxy) is 4. The molecule has 1 saturated carbocycles. The summed E-state index contributed by atoms with van der Waals surface area (Å²) in [5.41, 5.74) is 0.252. The van der Waals surface area contributed by atoms with Gasteiger partial charge in [0.1, 0.15) is 17.3 Å². The van der Waals surface area contributed by atoms with E-state index in [2.05, 4.69) is 0 Å². The fourth-order valence-electron chi connectivity index (χ4n) is 5.52. The first-order valence-electron chi connectivity index (χ1n) is 10.2. The van der Waals surface area contributed by atoms with Crippen LogP contribution < -0.4 is 4.74 Å². The Labute approximate surface area is 171 Å². The molecular weight excluding hydrogens is 372 g/mol. The molecule has 29 heavy (non-hydrogen) atoms. The van der Waals surface area contributed by atoms with Gasteiger partial charge in [-0.05, 0) is 56.7 Å². The monoisotopic (exact) mass is 400 g/mol. The minimum atomic E-state index is -0.744. The molecule has 2 aliphatic carbocycles. The Morgan fingerprint density at radius 2 is 1.97 bits per heavy atom. The SMILES string of the molecule is COC(=O)C1=CC[C@@]23CC[C@@H]([C@@H](C)OC2=O)[C@@]3(OCc2ccc(OC)cc2)CC1. The maximum Gasteiger partial charge on any atom is 0.333 e. The zero-order chi connectivity index (χ0) is 20.6. The topological polar surface area (TPSA) is 71.1 Å². The molecule has 0 N–H and O–H groups in total. The molecule has 1 aliphatic heterocycles. The van der Waals surface area contributed by atoms with Crippen LogP contribution in [0.25, 0.3) is 0 Å². The first-order valence-corrected chi connectivity index (χ1v) is 10.2. The van der Waals surface area contributed by atoms with Crippen molar-refractivity contribution in [3.8, 4) is 5.75 Å². The lowest BCUT2D eigenvalue weighted by Gasteiger charge is -2.51. The van der Waals surface area contributed by atoms with Gasteiger partial charge < -0.3 is 18.9 Å². The molecule has 6 nitrogen and oxygen atoms in total. The van der Waals surface area contributed by atoms with Crippen molar-refractivity contribution in [3.05, 3.63) is 41.5 Å². The number of methoxy groups -OCH3 is 2. The van der Waals surface area contributed by atoms with Crippen LogP contribution in [0.1, 0.15) is 44.6 Å². The Hall–Kier alpha value is -2.34. The average Bonchev–Trinajstić information content (AvgIpc) is 2.87. The molecule has 4 rings (SSSR count). The number of carbonyl (C=O) groups excluding carboxylic acids is 2. The Balaban J connectivity index is 1.67. The lowest BCUT2D eigenvalue weighted by molar-refractivity contribution is -0.228. The third-order valence-electron chi connectivity index (χ3n) is 7.11. The number of carbonyl (C=O) groups is 2. The molecular formula is C23H28O6. The average molecular weight is 400 g/mol. The summed E-state index contributed by atoms with van der Waals surface area (Å²) in [7, 11) is 3.02. The van der Waals surface area contributed by atoms with Gasteiger partial charge in [0.15, 0.2) is 0 Å². The van der Waals surface area contributed by atoms with Gasteiger partial charge in [0.2, 0.25) is 0 Å². The van der Waals surface area contributed by atoms with Crippen LogP contribution >= 0.6 is 0 Å². The molecule has 0 aromatic heterocycles. The molecule has 3 aliphatic rings. The van der Waals surface area contributed by atoms with E-state index in [0.29, 0.717) is 37.9 Å². The van der Waals surface area contributed by atoms with E-state index in [1.54, 1.807) is 7.11 Å². The van der Waals surface area contributed by atoms with Gasteiger partial charge in [0.25, 0.3) is 0 Å². The largest absolute Gasteiger partial charge is 0.497 e. The zero-order valence-corrected chi connectivity index (χ0v) is 17.2. The predicted octanol–water partition coefficient (Wildman–Crippen LogP) is 3.58. The quantitative estimate of drug-likeness (QED) is 0.704. The zero-order valence-electron chi connectivity index (χ0n) is 17.2. The number of benzene rings is 1. The second kappa shape index (κ2) is 7.48. The van der Waals surface area contributed by atoms with Gasteiger partial charge in [-0.1, -0.05) is 18.2 Å². The molecule has 6 heteroatoms. The number of hydrogen-bond acceptors (Lipinski definition) is 6. The van der Waals surface area contributed by atoms with Gasteiger partial charge in [-0.2, -0.15) is 0 Å². The Morgan fingerprint density at radius 1 is 1.21 bits per heavy atom. The standard InChI is InChI=1S/C23H28O6/c1-15-19-10-12-22(21(25)29-15)11-8-17(20(24)27-3)9-13-23(19,22)28-14-16-4-6-18(26-2)7-5-16/h4-8,15,19H,9-14H2,1-3H3/t15-,19+,22-,23+/m1/s1. The smallest absolute Gasteiger partial charge is 0.333 e. The van der Waals surface area contributed by atoms with E-state index in [1.807, 2.05) is 37.3 Å². The van der Waals surface area contributed by atoms with Crippen LogP contribution in [0.3, 0.4) is 0 Å². The van der Waals surface area contributed by atoms with Gasteiger partial charge in [-0.25, -0.2) is 4.79 Å². The van der Waals surface area contributed by atoms with Crippen molar-refractivity contribution >= 4 is 11.9 Å². The summed E-state index contributed by atoms with van der Waals surface area (Å²) in [4.78, 5) is 25.3. The summed E-state index contributed by atoms with van der Waals surface area (Å²) < 4.78 is 22.6. The molecule has 1 aromatic rings. The van der Waals surface area contributed by atoms with Gasteiger partial charge in [0.05, 0.1) is 26.4 Å². The summed E-state index contributed by atoms with van der Waals surface area (Å²) in [6, 6.07) is 7.76. The van der Waals surface area contributed by atoms with Crippen LogP contribution in [0.5, 0.6) is 5.75 Å². The van der Waals surface area contributed by atoms with Gasteiger partial charge in [-0.15, -0.1) is 0 Å². The fraction of sp³-hybridized carbons (Fsp3) is 0.565. The number of hydrogen-bond donors (Lipinski definition) is 0. The van der Waals surface area contributed by atoms with E-state index in [-0.39, 0.29) is 24.0 Å². The molecule has 0 spiro atoms. The first kappa shape index (κ1) is 20.0. The molecule has 0 unspecified atom stereocenters. The normalized spacial score (nSPS) is 33.2. The third-order valence-corrected chi connectivity index (χ3v) is 7.11. The molecule has 1 aromatic carbocycles. The van der Waals surface area contributed by atoms with Crippen molar-refractivity contribution in [1.29, 1.82) is 0 Å². The van der Waals surface area contributed by atoms with Crippen molar-refractivity contribution in [3.63, 3.8) is 0 Å². The highest BCUT2D eigenvalue weighted by Crippen LogP contribution is 2.63. The summed E-state index contributed by atoms with van der Waals surface area (Å²) in [6.07, 6.45) is 4.85. The summed E-state index contributed by atoms with van der Waals surface area (Å²) >= 11 is 0. The van der Waals surface area contributed by atoms with E-state index in [9.17, 15) is 9.59 Å². The highest BCUT2D eigenvalue weighted by molar-refractivity contribution is 5.89. The Bertz CT molecular complexity index is 828. The molecule has 0 radical (unpaired) electrons. The van der Waals surface area contributed by atoms with E-state index < -0.39 is 11.0 Å². The maximum atomic E-state index is 13.2. The predicted molar refractivity (Wildman–Crippen MR) is 105 cm³/mol. The molecule has 1 heterocycles. The maximum absolute atomic E-state index is 13.2. The number of rotatable bonds is 5. The van der Waals surface area contributed by atoms with Crippen LogP contribution in [-0.4, -0.2) is 37.9 Å². The van der Waals surface area contributed by atoms with E-state index in [0.717, 1.165) is 17.7 Å². The first-order chi connectivity index (χ1) is 14.0. The second-order valence-corrected chi connectivity index (χ2v) is 8.29. The number of cyclic esters (lactones) is 1. The van der Waals surface area contributed by atoms with Gasteiger partial charge in [0, 0.05) is 11.5 Å². The van der Waals surface area contributed by atoms with Crippen molar-refractivity contribution in [1.82, 2.24) is 0 Å². The Morgan fingerprint density at radius 3 is 2.66 bits per heavy atom. The molecule has 0 amide bonds. The van der Waals surface area contributed by atoms with Gasteiger partial charge in [-0.3, -0.25) is 4.79 Å². The second-order valence-electron chi connectivity index (χ2n) is 8.29. The number of esters is 2. The molecule has 4 atom stereocenters. The molecule has 156 valence electrons. The number of allylic oxidation sites excluding steroid dienone is 1. The minimum Gasteiger partial charge on any atom is -0.497 e. The van der Waals surface area contributed by atoms with E-state index >= 15 is 0 Å².